The second kappa shape index (κ2) is 10.0. The molecular weight excluding hydrogens is 553 g/mol. The number of nitrogens with zero attached hydrogens (tertiary/aromatic N) is 2. The standard InChI is InChI=1S/C41H26N2S/c1-2-10-27(11-3-1)28-19-22-31(23-20-28)43(37-18-8-16-34-35-17-9-25-42-41(35)44-40(34)37)38-26-30-13-5-7-15-33(30)39-32-14-6-4-12-29(32)21-24-36(38)39/h1-26H. The molecule has 2 aromatic heterocycles. The zero-order valence-electron chi connectivity index (χ0n) is 23.8. The summed E-state index contributed by atoms with van der Waals surface area (Å²) in [6.45, 7) is 0. The van der Waals surface area contributed by atoms with Gasteiger partial charge in [-0.25, -0.2) is 4.98 Å². The van der Waals surface area contributed by atoms with Crippen molar-refractivity contribution in [2.24, 2.45) is 0 Å². The van der Waals surface area contributed by atoms with Gasteiger partial charge in [0.25, 0.3) is 0 Å². The molecule has 3 heteroatoms. The van der Waals surface area contributed by atoms with E-state index in [-0.39, 0.29) is 0 Å². The first-order valence-electron chi connectivity index (χ1n) is 14.9. The SMILES string of the molecule is c1ccc(-c2ccc(N(c3cc4ccccc4c4c3ccc3ccccc34)c3cccc4c3sc3ncccc34)cc2)cc1. The summed E-state index contributed by atoms with van der Waals surface area (Å²) in [6.07, 6.45) is 1.89. The molecule has 0 amide bonds. The molecule has 2 heterocycles. The molecular formula is C41H26N2S. The van der Waals surface area contributed by atoms with Crippen molar-refractivity contribution in [3.8, 4) is 11.1 Å². The van der Waals surface area contributed by atoms with E-state index in [4.69, 9.17) is 4.98 Å². The van der Waals surface area contributed by atoms with Gasteiger partial charge in [0.1, 0.15) is 4.83 Å². The molecule has 0 aliphatic heterocycles. The molecule has 7 aromatic carbocycles. The van der Waals surface area contributed by atoms with E-state index in [0.29, 0.717) is 0 Å². The molecule has 9 rings (SSSR count). The largest absolute Gasteiger partial charge is 0.308 e. The lowest BCUT2D eigenvalue weighted by Gasteiger charge is -2.28. The number of fused-ring (bicyclic) bond motifs is 8. The third-order valence-electron chi connectivity index (χ3n) is 8.70. The van der Waals surface area contributed by atoms with Crippen molar-refractivity contribution < 1.29 is 0 Å². The molecule has 2 nitrogen and oxygen atoms in total. The average molecular weight is 579 g/mol. The van der Waals surface area contributed by atoms with E-state index in [0.717, 1.165) is 21.9 Å². The predicted octanol–water partition coefficient (Wildman–Crippen LogP) is 12.0. The van der Waals surface area contributed by atoms with Crippen molar-refractivity contribution in [2.75, 3.05) is 4.90 Å². The van der Waals surface area contributed by atoms with E-state index in [1.54, 1.807) is 11.3 Å². The average Bonchev–Trinajstić information content (AvgIpc) is 3.48. The Kier molecular flexibility index (Phi) is 5.71. The minimum absolute atomic E-state index is 1.06. The Morgan fingerprint density at radius 1 is 0.455 bits per heavy atom. The van der Waals surface area contributed by atoms with Gasteiger partial charge in [-0.1, -0.05) is 115 Å². The quantitative estimate of drug-likeness (QED) is 0.193. The Bertz CT molecular complexity index is 2480. The number of rotatable bonds is 4. The number of thiophene rings is 1. The van der Waals surface area contributed by atoms with Gasteiger partial charge in [0.2, 0.25) is 0 Å². The van der Waals surface area contributed by atoms with Crippen LogP contribution >= 0.6 is 11.3 Å². The molecule has 0 spiro atoms. The lowest BCUT2D eigenvalue weighted by atomic mass is 9.94. The monoisotopic (exact) mass is 578 g/mol. The number of hydrogen-bond acceptors (Lipinski definition) is 3. The Labute approximate surface area is 259 Å². The molecule has 0 bridgehead atoms. The normalized spacial score (nSPS) is 11.6. The summed E-state index contributed by atoms with van der Waals surface area (Å²) in [5, 5.41) is 9.96. The summed E-state index contributed by atoms with van der Waals surface area (Å²) in [6, 6.07) is 54.9. The van der Waals surface area contributed by atoms with Gasteiger partial charge < -0.3 is 4.90 Å². The maximum Gasteiger partial charge on any atom is 0.124 e. The highest BCUT2D eigenvalue weighted by molar-refractivity contribution is 7.26. The Balaban J connectivity index is 1.38. The van der Waals surface area contributed by atoms with Gasteiger partial charge in [-0.05, 0) is 74.5 Å². The molecule has 0 aliphatic carbocycles. The zero-order valence-corrected chi connectivity index (χ0v) is 24.6. The molecule has 0 N–H and O–H groups in total. The third kappa shape index (κ3) is 3.90. The Morgan fingerprint density at radius 2 is 1.14 bits per heavy atom. The molecule has 0 fully saturated rings. The van der Waals surface area contributed by atoms with Crippen LogP contribution in [0.25, 0.3) is 63.7 Å². The molecule has 0 saturated carbocycles. The number of anilines is 3. The highest BCUT2D eigenvalue weighted by Crippen LogP contribution is 2.48. The van der Waals surface area contributed by atoms with Crippen LogP contribution < -0.4 is 4.90 Å². The molecule has 0 radical (unpaired) electrons. The van der Waals surface area contributed by atoms with Gasteiger partial charge in [0, 0.05) is 28.0 Å². The van der Waals surface area contributed by atoms with Gasteiger partial charge in [0.15, 0.2) is 0 Å². The fraction of sp³-hybridized carbons (Fsp3) is 0. The lowest BCUT2D eigenvalue weighted by molar-refractivity contribution is 1.32. The number of benzene rings is 7. The van der Waals surface area contributed by atoms with Gasteiger partial charge in [-0.3, -0.25) is 0 Å². The highest BCUT2D eigenvalue weighted by Gasteiger charge is 2.22. The second-order valence-corrected chi connectivity index (χ2v) is 12.2. The number of hydrogen-bond donors (Lipinski definition) is 0. The van der Waals surface area contributed by atoms with Crippen molar-refractivity contribution in [3.63, 3.8) is 0 Å². The van der Waals surface area contributed by atoms with Crippen LogP contribution in [0.4, 0.5) is 17.1 Å². The maximum absolute atomic E-state index is 4.73. The molecule has 0 atom stereocenters. The summed E-state index contributed by atoms with van der Waals surface area (Å²) in [7, 11) is 0. The molecule has 0 saturated heterocycles. The number of pyridine rings is 1. The van der Waals surface area contributed by atoms with Crippen LogP contribution in [-0.2, 0) is 0 Å². The van der Waals surface area contributed by atoms with Gasteiger partial charge in [-0.15, -0.1) is 11.3 Å². The summed E-state index contributed by atoms with van der Waals surface area (Å²) in [4.78, 5) is 8.25. The molecule has 0 unspecified atom stereocenters. The highest BCUT2D eigenvalue weighted by atomic mass is 32.1. The minimum atomic E-state index is 1.06. The number of aromatic nitrogens is 1. The fourth-order valence-electron chi connectivity index (χ4n) is 6.67. The van der Waals surface area contributed by atoms with E-state index < -0.39 is 0 Å². The first-order valence-corrected chi connectivity index (χ1v) is 15.7. The van der Waals surface area contributed by atoms with Crippen molar-refractivity contribution in [1.82, 2.24) is 4.98 Å². The van der Waals surface area contributed by atoms with Crippen molar-refractivity contribution in [3.05, 3.63) is 158 Å². The molecule has 44 heavy (non-hydrogen) atoms. The van der Waals surface area contributed by atoms with Crippen LogP contribution in [0.3, 0.4) is 0 Å². The lowest BCUT2D eigenvalue weighted by Crippen LogP contribution is -2.11. The summed E-state index contributed by atoms with van der Waals surface area (Å²) in [5.74, 6) is 0. The first-order chi connectivity index (χ1) is 21.8. The van der Waals surface area contributed by atoms with E-state index >= 15 is 0 Å². The Morgan fingerprint density at radius 3 is 1.98 bits per heavy atom. The molecule has 206 valence electrons. The maximum atomic E-state index is 4.73. The van der Waals surface area contributed by atoms with Crippen LogP contribution in [-0.4, -0.2) is 4.98 Å². The van der Waals surface area contributed by atoms with Crippen LogP contribution in [0, 0.1) is 0 Å². The van der Waals surface area contributed by atoms with Crippen LogP contribution in [0.2, 0.25) is 0 Å². The Hall–Kier alpha value is -5.51. The van der Waals surface area contributed by atoms with Crippen molar-refractivity contribution in [1.29, 1.82) is 0 Å². The van der Waals surface area contributed by atoms with Crippen molar-refractivity contribution >= 4 is 81.0 Å². The fourth-order valence-corrected chi connectivity index (χ4v) is 7.82. The predicted molar refractivity (Wildman–Crippen MR) is 190 cm³/mol. The van der Waals surface area contributed by atoms with Crippen LogP contribution in [0.1, 0.15) is 0 Å². The van der Waals surface area contributed by atoms with Crippen LogP contribution in [0.5, 0.6) is 0 Å². The summed E-state index contributed by atoms with van der Waals surface area (Å²) < 4.78 is 1.23. The third-order valence-corrected chi connectivity index (χ3v) is 9.85. The van der Waals surface area contributed by atoms with Gasteiger partial charge in [-0.2, -0.15) is 0 Å². The van der Waals surface area contributed by atoms with Crippen LogP contribution in [0.15, 0.2) is 158 Å². The molecule has 0 aliphatic rings. The van der Waals surface area contributed by atoms with E-state index in [1.807, 2.05) is 12.3 Å². The smallest absolute Gasteiger partial charge is 0.124 e. The minimum Gasteiger partial charge on any atom is -0.308 e. The van der Waals surface area contributed by atoms with E-state index in [1.165, 1.54) is 58.9 Å². The zero-order chi connectivity index (χ0) is 29.0. The van der Waals surface area contributed by atoms with E-state index in [2.05, 4.69) is 150 Å². The van der Waals surface area contributed by atoms with Gasteiger partial charge in [0.05, 0.1) is 16.1 Å². The summed E-state index contributed by atoms with van der Waals surface area (Å²) >= 11 is 1.76. The van der Waals surface area contributed by atoms with E-state index in [9.17, 15) is 0 Å². The summed E-state index contributed by atoms with van der Waals surface area (Å²) in [5.41, 5.74) is 5.85. The molecule has 9 aromatic rings. The second-order valence-electron chi connectivity index (χ2n) is 11.2. The van der Waals surface area contributed by atoms with Gasteiger partial charge >= 0.3 is 0 Å². The van der Waals surface area contributed by atoms with Crippen molar-refractivity contribution in [2.45, 2.75) is 0 Å². The topological polar surface area (TPSA) is 16.1 Å². The first kappa shape index (κ1) is 25.0.